The molecule has 0 radical (unpaired) electrons. The van der Waals surface area contributed by atoms with Crippen molar-refractivity contribution in [2.75, 3.05) is 26.7 Å². The molecular formula is C22H27N5O2. The molecule has 1 aromatic carbocycles. The maximum atomic E-state index is 12.5. The van der Waals surface area contributed by atoms with E-state index in [-0.39, 0.29) is 17.9 Å². The van der Waals surface area contributed by atoms with E-state index in [0.717, 1.165) is 43.0 Å². The van der Waals surface area contributed by atoms with E-state index in [1.165, 1.54) is 17.4 Å². The largest absolute Gasteiger partial charge is 0.361 e. The van der Waals surface area contributed by atoms with Crippen LogP contribution >= 0.6 is 0 Å². The fraction of sp³-hybridized carbons (Fsp3) is 0.500. The molecule has 3 aromatic rings. The summed E-state index contributed by atoms with van der Waals surface area (Å²) < 4.78 is 5.50. The van der Waals surface area contributed by atoms with Crippen LogP contribution in [0.4, 0.5) is 0 Å². The second-order valence-corrected chi connectivity index (χ2v) is 8.34. The van der Waals surface area contributed by atoms with Gasteiger partial charge in [0.2, 0.25) is 11.8 Å². The molecule has 4 heterocycles. The van der Waals surface area contributed by atoms with Crippen molar-refractivity contribution in [3.8, 4) is 0 Å². The van der Waals surface area contributed by atoms with Crippen LogP contribution in [-0.2, 0) is 11.2 Å². The number of aryl methyl sites for hydroxylation is 1. The van der Waals surface area contributed by atoms with Gasteiger partial charge in [-0.1, -0.05) is 23.4 Å². The van der Waals surface area contributed by atoms with Crippen LogP contribution in [-0.4, -0.2) is 57.5 Å². The molecule has 0 spiro atoms. The highest BCUT2D eigenvalue weighted by atomic mass is 16.5. The second-order valence-electron chi connectivity index (χ2n) is 8.34. The number of para-hydroxylation sites is 1. The Labute approximate surface area is 170 Å². The number of carbonyl (C=O) groups is 1. The van der Waals surface area contributed by atoms with Gasteiger partial charge in [0.05, 0.1) is 12.0 Å². The number of nitrogens with one attached hydrogen (secondary N) is 1. The van der Waals surface area contributed by atoms with Crippen LogP contribution in [0.15, 0.2) is 35.0 Å². The highest BCUT2D eigenvalue weighted by molar-refractivity contribution is 5.83. The maximum absolute atomic E-state index is 12.5. The molecule has 29 heavy (non-hydrogen) atoms. The van der Waals surface area contributed by atoms with Crippen LogP contribution in [0.1, 0.15) is 54.9 Å². The number of fused-ring (bicyclic) bond motifs is 1. The van der Waals surface area contributed by atoms with Crippen LogP contribution in [0.3, 0.4) is 0 Å². The third-order valence-corrected chi connectivity index (χ3v) is 6.37. The number of carbonyl (C=O) groups excluding carboxylic acids is 1. The molecule has 1 atom stereocenters. The molecule has 1 amide bonds. The molecule has 2 aliphatic heterocycles. The van der Waals surface area contributed by atoms with Crippen LogP contribution in [0.25, 0.3) is 10.9 Å². The van der Waals surface area contributed by atoms with E-state index >= 15 is 0 Å². The van der Waals surface area contributed by atoms with Gasteiger partial charge >= 0.3 is 0 Å². The van der Waals surface area contributed by atoms with E-state index in [1.54, 1.807) is 0 Å². The molecule has 2 fully saturated rings. The summed E-state index contributed by atoms with van der Waals surface area (Å²) in [6, 6.07) is 8.55. The summed E-state index contributed by atoms with van der Waals surface area (Å²) in [5.74, 6) is 1.91. The first kappa shape index (κ1) is 18.4. The predicted molar refractivity (Wildman–Crippen MR) is 109 cm³/mol. The number of rotatable bonds is 6. The molecule has 1 unspecified atom stereocenters. The van der Waals surface area contributed by atoms with E-state index in [1.807, 2.05) is 11.0 Å². The molecule has 2 aromatic heterocycles. The fourth-order valence-corrected chi connectivity index (χ4v) is 4.54. The Hall–Kier alpha value is -2.67. The molecule has 2 saturated heterocycles. The van der Waals surface area contributed by atoms with Crippen LogP contribution in [0.5, 0.6) is 0 Å². The molecule has 2 aliphatic rings. The van der Waals surface area contributed by atoms with Gasteiger partial charge in [-0.05, 0) is 50.9 Å². The Kier molecular flexibility index (Phi) is 4.83. The average molecular weight is 393 g/mol. The van der Waals surface area contributed by atoms with Gasteiger partial charge in [-0.3, -0.25) is 9.69 Å². The molecule has 0 bridgehead atoms. The number of H-pyrrole nitrogens is 1. The smallest absolute Gasteiger partial charge is 0.243 e. The van der Waals surface area contributed by atoms with Crippen LogP contribution in [0.2, 0.25) is 0 Å². The standard InChI is InChI=1S/C22H27N5O2/c1-26-11-5-9-19(26)22-24-21(25-29-22)16-13-27(14-16)20(28)10-4-6-15-12-23-18-8-3-2-7-17(15)18/h2-3,7-8,12,16,19,23H,4-6,9-11,13-14H2,1H3. The Morgan fingerprint density at radius 3 is 3.00 bits per heavy atom. The molecular weight excluding hydrogens is 366 g/mol. The van der Waals surface area contributed by atoms with Crippen molar-refractivity contribution in [2.45, 2.75) is 44.1 Å². The normalized spacial score (nSPS) is 20.4. The van der Waals surface area contributed by atoms with Crippen LogP contribution in [0, 0.1) is 0 Å². The second kappa shape index (κ2) is 7.63. The third kappa shape index (κ3) is 3.55. The summed E-state index contributed by atoms with van der Waals surface area (Å²) in [6.07, 6.45) is 6.66. The minimum Gasteiger partial charge on any atom is -0.361 e. The predicted octanol–water partition coefficient (Wildman–Crippen LogP) is 3.27. The SMILES string of the molecule is CN1CCCC1c1nc(C2CN(C(=O)CCCc3c[nH]c4ccccc34)C2)no1. The first-order chi connectivity index (χ1) is 14.2. The zero-order chi connectivity index (χ0) is 19.8. The van der Waals surface area contributed by atoms with Crippen molar-refractivity contribution in [1.29, 1.82) is 0 Å². The van der Waals surface area contributed by atoms with Crippen molar-refractivity contribution in [2.24, 2.45) is 0 Å². The maximum Gasteiger partial charge on any atom is 0.243 e. The highest BCUT2D eigenvalue weighted by Gasteiger charge is 2.36. The number of likely N-dealkylation sites (tertiary alicyclic amines) is 2. The van der Waals surface area contributed by atoms with E-state index in [9.17, 15) is 4.79 Å². The monoisotopic (exact) mass is 393 g/mol. The van der Waals surface area contributed by atoms with Gasteiger partial charge in [0.15, 0.2) is 5.82 Å². The number of hydrogen-bond acceptors (Lipinski definition) is 5. The topological polar surface area (TPSA) is 78.3 Å². The lowest BCUT2D eigenvalue weighted by molar-refractivity contribution is -0.135. The minimum atomic E-state index is 0.205. The zero-order valence-corrected chi connectivity index (χ0v) is 16.8. The fourth-order valence-electron chi connectivity index (χ4n) is 4.54. The van der Waals surface area contributed by atoms with Gasteiger partial charge in [-0.2, -0.15) is 4.98 Å². The summed E-state index contributed by atoms with van der Waals surface area (Å²) in [4.78, 5) is 24.6. The van der Waals surface area contributed by atoms with Gasteiger partial charge in [0.25, 0.3) is 0 Å². The van der Waals surface area contributed by atoms with E-state index in [4.69, 9.17) is 4.52 Å². The summed E-state index contributed by atoms with van der Waals surface area (Å²) >= 11 is 0. The lowest BCUT2D eigenvalue weighted by atomic mass is 9.98. The lowest BCUT2D eigenvalue weighted by Crippen LogP contribution is -2.48. The molecule has 7 nitrogen and oxygen atoms in total. The Balaban J connectivity index is 1.10. The summed E-state index contributed by atoms with van der Waals surface area (Å²) in [6.45, 7) is 2.48. The summed E-state index contributed by atoms with van der Waals surface area (Å²) in [7, 11) is 2.10. The van der Waals surface area contributed by atoms with E-state index in [2.05, 4.69) is 51.5 Å². The quantitative estimate of drug-likeness (QED) is 0.695. The average Bonchev–Trinajstić information content (AvgIpc) is 3.41. The summed E-state index contributed by atoms with van der Waals surface area (Å²) in [5.41, 5.74) is 2.44. The van der Waals surface area contributed by atoms with Crippen molar-refractivity contribution >= 4 is 16.8 Å². The Bertz CT molecular complexity index is 1000. The highest BCUT2D eigenvalue weighted by Crippen LogP contribution is 2.32. The number of amides is 1. The van der Waals surface area contributed by atoms with Crippen molar-refractivity contribution in [3.05, 3.63) is 47.7 Å². The molecule has 0 aliphatic carbocycles. The van der Waals surface area contributed by atoms with Gasteiger partial charge in [-0.25, -0.2) is 0 Å². The number of aromatic amines is 1. The van der Waals surface area contributed by atoms with Gasteiger partial charge in [0.1, 0.15) is 0 Å². The van der Waals surface area contributed by atoms with E-state index < -0.39 is 0 Å². The van der Waals surface area contributed by atoms with Gasteiger partial charge in [-0.15, -0.1) is 0 Å². The van der Waals surface area contributed by atoms with Gasteiger partial charge in [0, 0.05) is 36.6 Å². The van der Waals surface area contributed by atoms with Crippen molar-refractivity contribution < 1.29 is 9.32 Å². The van der Waals surface area contributed by atoms with Crippen molar-refractivity contribution in [3.63, 3.8) is 0 Å². The first-order valence-electron chi connectivity index (χ1n) is 10.6. The minimum absolute atomic E-state index is 0.205. The first-order valence-corrected chi connectivity index (χ1v) is 10.6. The molecule has 0 saturated carbocycles. The number of hydrogen-bond donors (Lipinski definition) is 1. The molecule has 152 valence electrons. The number of benzene rings is 1. The molecule has 1 N–H and O–H groups in total. The Morgan fingerprint density at radius 1 is 1.31 bits per heavy atom. The lowest BCUT2D eigenvalue weighted by Gasteiger charge is -2.37. The molecule has 7 heteroatoms. The molecule has 5 rings (SSSR count). The van der Waals surface area contributed by atoms with E-state index in [0.29, 0.717) is 19.5 Å². The summed E-state index contributed by atoms with van der Waals surface area (Å²) in [5, 5.41) is 5.44. The zero-order valence-electron chi connectivity index (χ0n) is 16.8. The van der Waals surface area contributed by atoms with Gasteiger partial charge < -0.3 is 14.4 Å². The number of aromatic nitrogens is 3. The number of nitrogens with zero attached hydrogens (tertiary/aromatic N) is 4. The Morgan fingerprint density at radius 2 is 2.17 bits per heavy atom. The van der Waals surface area contributed by atoms with Crippen molar-refractivity contribution in [1.82, 2.24) is 24.9 Å². The van der Waals surface area contributed by atoms with Crippen LogP contribution < -0.4 is 0 Å². The third-order valence-electron chi connectivity index (χ3n) is 6.37.